The van der Waals surface area contributed by atoms with E-state index in [1.807, 2.05) is 16.8 Å². The molecule has 0 amide bonds. The molecule has 1 aromatic carbocycles. The lowest BCUT2D eigenvalue weighted by Crippen LogP contribution is -2.13. The molecule has 0 saturated heterocycles. The van der Waals surface area contributed by atoms with E-state index in [-0.39, 0.29) is 5.41 Å². The first-order chi connectivity index (χ1) is 9.84. The van der Waals surface area contributed by atoms with Gasteiger partial charge in [0.2, 0.25) is 0 Å². The smallest absolute Gasteiger partial charge is 0.165 e. The van der Waals surface area contributed by atoms with Crippen molar-refractivity contribution in [3.05, 3.63) is 35.5 Å². The molecular weight excluding hydrogens is 260 g/mol. The van der Waals surface area contributed by atoms with Crippen molar-refractivity contribution in [3.8, 4) is 17.0 Å². The SMILES string of the molecule is CCCCn1nc(C(C)(C)C)c(O)c1-c1cccc(C)c1. The molecule has 21 heavy (non-hydrogen) atoms. The molecule has 0 fully saturated rings. The molecule has 2 aromatic rings. The van der Waals surface area contributed by atoms with Crippen LogP contribution in [-0.2, 0) is 12.0 Å². The predicted molar refractivity (Wildman–Crippen MR) is 87.7 cm³/mol. The summed E-state index contributed by atoms with van der Waals surface area (Å²) in [4.78, 5) is 0. The van der Waals surface area contributed by atoms with Gasteiger partial charge in [-0.15, -0.1) is 0 Å². The monoisotopic (exact) mass is 286 g/mol. The van der Waals surface area contributed by atoms with Crippen molar-refractivity contribution >= 4 is 0 Å². The van der Waals surface area contributed by atoms with Crippen LogP contribution >= 0.6 is 0 Å². The first-order valence-corrected chi connectivity index (χ1v) is 7.72. The molecule has 1 aromatic heterocycles. The van der Waals surface area contributed by atoms with E-state index in [0.29, 0.717) is 5.75 Å². The molecule has 0 aliphatic carbocycles. The average molecular weight is 286 g/mol. The van der Waals surface area contributed by atoms with Crippen LogP contribution in [0.25, 0.3) is 11.3 Å². The zero-order chi connectivity index (χ0) is 15.6. The van der Waals surface area contributed by atoms with Gasteiger partial charge in [0.15, 0.2) is 5.75 Å². The second-order valence-electron chi connectivity index (χ2n) is 6.74. The second kappa shape index (κ2) is 5.92. The molecule has 1 heterocycles. The molecule has 3 nitrogen and oxygen atoms in total. The number of rotatable bonds is 4. The van der Waals surface area contributed by atoms with Crippen LogP contribution in [-0.4, -0.2) is 14.9 Å². The zero-order valence-electron chi connectivity index (χ0n) is 13.8. The highest BCUT2D eigenvalue weighted by Gasteiger charge is 2.27. The summed E-state index contributed by atoms with van der Waals surface area (Å²) in [5, 5.41) is 15.4. The minimum atomic E-state index is -0.167. The lowest BCUT2D eigenvalue weighted by atomic mass is 9.91. The van der Waals surface area contributed by atoms with E-state index in [9.17, 15) is 5.11 Å². The Balaban J connectivity index is 2.59. The van der Waals surface area contributed by atoms with Crippen molar-refractivity contribution in [2.45, 2.75) is 59.4 Å². The molecule has 0 aliphatic heterocycles. The maximum Gasteiger partial charge on any atom is 0.165 e. The predicted octanol–water partition coefficient (Wildman–Crippen LogP) is 4.66. The Hall–Kier alpha value is -1.77. The minimum absolute atomic E-state index is 0.167. The highest BCUT2D eigenvalue weighted by atomic mass is 16.3. The molecule has 1 N–H and O–H groups in total. The number of unbranched alkanes of at least 4 members (excludes halogenated alkanes) is 1. The third-order valence-electron chi connectivity index (χ3n) is 3.65. The van der Waals surface area contributed by atoms with Gasteiger partial charge in [0, 0.05) is 17.5 Å². The molecular formula is C18H26N2O. The summed E-state index contributed by atoms with van der Waals surface area (Å²) in [6.07, 6.45) is 2.17. The minimum Gasteiger partial charge on any atom is -0.504 e. The van der Waals surface area contributed by atoms with Gasteiger partial charge in [-0.3, -0.25) is 4.68 Å². The molecule has 0 radical (unpaired) electrons. The molecule has 2 rings (SSSR count). The molecule has 0 bridgehead atoms. The third kappa shape index (κ3) is 3.29. The molecule has 114 valence electrons. The fourth-order valence-corrected chi connectivity index (χ4v) is 2.51. The summed E-state index contributed by atoms with van der Waals surface area (Å²) in [5.41, 5.74) is 3.67. The largest absolute Gasteiger partial charge is 0.504 e. The Bertz CT molecular complexity index is 621. The van der Waals surface area contributed by atoms with E-state index in [2.05, 4.69) is 46.8 Å². The Labute approximate surface area is 127 Å². The molecule has 0 saturated carbocycles. The molecule has 3 heteroatoms. The van der Waals surface area contributed by atoms with Crippen LogP contribution in [0.3, 0.4) is 0 Å². The third-order valence-corrected chi connectivity index (χ3v) is 3.65. The van der Waals surface area contributed by atoms with Crippen molar-refractivity contribution in [3.63, 3.8) is 0 Å². The molecule has 0 unspecified atom stereocenters. The number of nitrogens with zero attached hydrogens (tertiary/aromatic N) is 2. The second-order valence-corrected chi connectivity index (χ2v) is 6.74. The maximum absolute atomic E-state index is 10.7. The number of benzene rings is 1. The number of hydrogen-bond acceptors (Lipinski definition) is 2. The van der Waals surface area contributed by atoms with Gasteiger partial charge in [0.05, 0.1) is 0 Å². The van der Waals surface area contributed by atoms with Crippen molar-refractivity contribution < 1.29 is 5.11 Å². The summed E-state index contributed by atoms with van der Waals surface area (Å²) in [6, 6.07) is 8.24. The van der Waals surface area contributed by atoms with E-state index in [0.717, 1.165) is 36.3 Å². The summed E-state index contributed by atoms with van der Waals surface area (Å²) >= 11 is 0. The van der Waals surface area contributed by atoms with Gasteiger partial charge in [-0.1, -0.05) is 57.9 Å². The van der Waals surface area contributed by atoms with Gasteiger partial charge >= 0.3 is 0 Å². The molecule has 0 spiro atoms. The Morgan fingerprint density at radius 1 is 1.24 bits per heavy atom. The Morgan fingerprint density at radius 2 is 1.95 bits per heavy atom. The Kier molecular flexibility index (Phi) is 4.40. The van der Waals surface area contributed by atoms with Crippen LogP contribution in [0.15, 0.2) is 24.3 Å². The number of aryl methyl sites for hydroxylation is 2. The average Bonchev–Trinajstić information content (AvgIpc) is 2.73. The standard InChI is InChI=1S/C18H26N2O/c1-6-7-11-20-15(14-10-8-9-13(2)12-14)16(21)17(19-20)18(3,4)5/h8-10,12,21H,6-7,11H2,1-5H3. The normalized spacial score (nSPS) is 11.9. The highest BCUT2D eigenvalue weighted by Crippen LogP contribution is 2.38. The topological polar surface area (TPSA) is 38.0 Å². The first kappa shape index (κ1) is 15.6. The van der Waals surface area contributed by atoms with E-state index in [1.54, 1.807) is 0 Å². The zero-order valence-corrected chi connectivity index (χ0v) is 13.8. The van der Waals surface area contributed by atoms with Gasteiger partial charge in [-0.05, 0) is 19.4 Å². The first-order valence-electron chi connectivity index (χ1n) is 7.72. The van der Waals surface area contributed by atoms with Crippen molar-refractivity contribution in [2.24, 2.45) is 0 Å². The van der Waals surface area contributed by atoms with E-state index in [4.69, 9.17) is 5.10 Å². The van der Waals surface area contributed by atoms with Gasteiger partial charge < -0.3 is 5.11 Å². The van der Waals surface area contributed by atoms with Crippen LogP contribution in [0.4, 0.5) is 0 Å². The van der Waals surface area contributed by atoms with Crippen LogP contribution in [0.5, 0.6) is 5.75 Å². The molecule has 0 atom stereocenters. The highest BCUT2D eigenvalue weighted by molar-refractivity contribution is 5.69. The van der Waals surface area contributed by atoms with E-state index in [1.165, 1.54) is 5.56 Å². The summed E-state index contributed by atoms with van der Waals surface area (Å²) < 4.78 is 1.97. The van der Waals surface area contributed by atoms with Crippen LogP contribution in [0.1, 0.15) is 51.8 Å². The van der Waals surface area contributed by atoms with Crippen molar-refractivity contribution in [1.82, 2.24) is 9.78 Å². The summed E-state index contributed by atoms with van der Waals surface area (Å²) in [7, 11) is 0. The van der Waals surface area contributed by atoms with Gasteiger partial charge in [0.25, 0.3) is 0 Å². The van der Waals surface area contributed by atoms with Gasteiger partial charge in [-0.2, -0.15) is 5.10 Å². The van der Waals surface area contributed by atoms with Crippen LogP contribution in [0.2, 0.25) is 0 Å². The van der Waals surface area contributed by atoms with Gasteiger partial charge in [-0.25, -0.2) is 0 Å². The lowest BCUT2D eigenvalue weighted by molar-refractivity contribution is 0.445. The van der Waals surface area contributed by atoms with Crippen molar-refractivity contribution in [2.75, 3.05) is 0 Å². The van der Waals surface area contributed by atoms with Crippen molar-refractivity contribution in [1.29, 1.82) is 0 Å². The summed E-state index contributed by atoms with van der Waals surface area (Å²) in [6.45, 7) is 11.3. The number of aromatic hydroxyl groups is 1. The van der Waals surface area contributed by atoms with E-state index >= 15 is 0 Å². The fourth-order valence-electron chi connectivity index (χ4n) is 2.51. The number of hydrogen-bond donors (Lipinski definition) is 1. The van der Waals surface area contributed by atoms with Gasteiger partial charge in [0.1, 0.15) is 11.4 Å². The quantitative estimate of drug-likeness (QED) is 0.887. The lowest BCUT2D eigenvalue weighted by Gasteiger charge is -2.15. The maximum atomic E-state index is 10.7. The molecule has 0 aliphatic rings. The van der Waals surface area contributed by atoms with Crippen LogP contribution < -0.4 is 0 Å². The number of aromatic nitrogens is 2. The summed E-state index contributed by atoms with van der Waals surface area (Å²) in [5.74, 6) is 0.323. The van der Waals surface area contributed by atoms with E-state index < -0.39 is 0 Å². The fraction of sp³-hybridized carbons (Fsp3) is 0.500. The Morgan fingerprint density at radius 3 is 2.52 bits per heavy atom. The van der Waals surface area contributed by atoms with Crippen LogP contribution in [0, 0.1) is 6.92 Å².